The van der Waals surface area contributed by atoms with Crippen LogP contribution in [-0.4, -0.2) is 17.9 Å². The number of hydrogen-bond acceptors (Lipinski definition) is 2. The van der Waals surface area contributed by atoms with E-state index >= 15 is 0 Å². The lowest BCUT2D eigenvalue weighted by atomic mass is 9.69. The van der Waals surface area contributed by atoms with Crippen molar-refractivity contribution < 1.29 is 9.59 Å². The largest absolute Gasteiger partial charge is 0.369 e. The van der Waals surface area contributed by atoms with E-state index in [0.29, 0.717) is 5.92 Å². The molecule has 16 heavy (non-hydrogen) atoms. The van der Waals surface area contributed by atoms with Crippen LogP contribution in [0, 0.1) is 11.3 Å². The summed E-state index contributed by atoms with van der Waals surface area (Å²) >= 11 is 0. The first-order chi connectivity index (χ1) is 7.34. The van der Waals surface area contributed by atoms with Crippen LogP contribution in [0.4, 0.5) is 0 Å². The van der Waals surface area contributed by atoms with Gasteiger partial charge in [0, 0.05) is 18.4 Å². The molecule has 0 aromatic carbocycles. The first-order valence-corrected chi connectivity index (χ1v) is 5.91. The molecule has 4 nitrogen and oxygen atoms in total. The van der Waals surface area contributed by atoms with Crippen LogP contribution in [0.25, 0.3) is 0 Å². The van der Waals surface area contributed by atoms with Gasteiger partial charge in [-0.1, -0.05) is 13.8 Å². The van der Waals surface area contributed by atoms with Gasteiger partial charge in [0.05, 0.1) is 0 Å². The van der Waals surface area contributed by atoms with Crippen molar-refractivity contribution in [3.05, 3.63) is 0 Å². The van der Waals surface area contributed by atoms with Gasteiger partial charge in [0.1, 0.15) is 0 Å². The summed E-state index contributed by atoms with van der Waals surface area (Å²) in [6, 6.07) is 0.275. The first kappa shape index (κ1) is 13.0. The minimum atomic E-state index is -0.429. The normalized spacial score (nSPS) is 26.2. The molecule has 0 radical (unpaired) electrons. The van der Waals surface area contributed by atoms with Crippen LogP contribution in [0.15, 0.2) is 0 Å². The Morgan fingerprint density at radius 1 is 1.19 bits per heavy atom. The maximum atomic E-state index is 11.3. The minimum absolute atomic E-state index is 0.0256. The summed E-state index contributed by atoms with van der Waals surface area (Å²) < 4.78 is 0. The maximum Gasteiger partial charge on any atom is 0.223 e. The van der Waals surface area contributed by atoms with E-state index in [4.69, 9.17) is 5.73 Å². The zero-order valence-electron chi connectivity index (χ0n) is 10.4. The summed E-state index contributed by atoms with van der Waals surface area (Å²) in [5.74, 6) is 0.142. The number of primary amides is 1. The van der Waals surface area contributed by atoms with E-state index in [2.05, 4.69) is 5.32 Å². The van der Waals surface area contributed by atoms with Crippen LogP contribution in [-0.2, 0) is 9.59 Å². The fourth-order valence-electron chi connectivity index (χ4n) is 2.45. The molecule has 0 bridgehead atoms. The van der Waals surface area contributed by atoms with Crippen LogP contribution in [0.5, 0.6) is 0 Å². The quantitative estimate of drug-likeness (QED) is 0.758. The second-order valence-electron chi connectivity index (χ2n) is 5.34. The Bertz CT molecular complexity index is 279. The number of rotatable bonds is 3. The van der Waals surface area contributed by atoms with Gasteiger partial charge in [-0.3, -0.25) is 9.59 Å². The maximum absolute atomic E-state index is 11.3. The topological polar surface area (TPSA) is 72.2 Å². The van der Waals surface area contributed by atoms with Gasteiger partial charge in [0.25, 0.3) is 0 Å². The molecule has 4 heteroatoms. The summed E-state index contributed by atoms with van der Waals surface area (Å²) in [6.45, 7) is 5.37. The van der Waals surface area contributed by atoms with Gasteiger partial charge in [-0.05, 0) is 31.6 Å². The van der Waals surface area contributed by atoms with E-state index in [0.717, 1.165) is 25.7 Å². The fraction of sp³-hybridized carbons (Fsp3) is 0.833. The molecule has 0 unspecified atom stereocenters. The molecule has 0 heterocycles. The van der Waals surface area contributed by atoms with E-state index in [1.54, 1.807) is 6.92 Å². The molecule has 0 aromatic rings. The zero-order chi connectivity index (χ0) is 12.3. The van der Waals surface area contributed by atoms with Crippen molar-refractivity contribution >= 4 is 11.8 Å². The standard InChI is InChI=1S/C12H22N2O2/c1-8(15)14-10-6-4-9(5-7-10)12(2,3)11(13)16/h9-10H,4-7H2,1-3H3,(H2,13,16)(H,14,15). The van der Waals surface area contributed by atoms with Crippen molar-refractivity contribution in [1.29, 1.82) is 0 Å². The van der Waals surface area contributed by atoms with E-state index in [9.17, 15) is 9.59 Å². The van der Waals surface area contributed by atoms with Crippen LogP contribution >= 0.6 is 0 Å². The van der Waals surface area contributed by atoms with Crippen LogP contribution < -0.4 is 11.1 Å². The van der Waals surface area contributed by atoms with E-state index < -0.39 is 5.41 Å². The Morgan fingerprint density at radius 3 is 2.06 bits per heavy atom. The van der Waals surface area contributed by atoms with Gasteiger partial charge in [-0.25, -0.2) is 0 Å². The second kappa shape index (κ2) is 4.85. The summed E-state index contributed by atoms with van der Waals surface area (Å²) in [5.41, 5.74) is 4.98. The summed E-state index contributed by atoms with van der Waals surface area (Å²) in [5, 5.41) is 2.93. The third-order valence-electron chi connectivity index (χ3n) is 3.79. The zero-order valence-corrected chi connectivity index (χ0v) is 10.4. The van der Waals surface area contributed by atoms with Crippen LogP contribution in [0.2, 0.25) is 0 Å². The van der Waals surface area contributed by atoms with Crippen molar-refractivity contribution in [3.8, 4) is 0 Å². The molecular weight excluding hydrogens is 204 g/mol. The Kier molecular flexibility index (Phi) is 3.94. The van der Waals surface area contributed by atoms with Gasteiger partial charge < -0.3 is 11.1 Å². The molecule has 0 spiro atoms. The Balaban J connectivity index is 2.49. The van der Waals surface area contributed by atoms with E-state index in [-0.39, 0.29) is 17.9 Å². The van der Waals surface area contributed by atoms with E-state index in [1.165, 1.54) is 0 Å². The molecule has 0 aromatic heterocycles. The van der Waals surface area contributed by atoms with Crippen molar-refractivity contribution in [2.24, 2.45) is 17.1 Å². The Hall–Kier alpha value is -1.06. The van der Waals surface area contributed by atoms with Crippen LogP contribution in [0.1, 0.15) is 46.5 Å². The molecule has 1 aliphatic carbocycles. The highest BCUT2D eigenvalue weighted by Gasteiger charge is 2.37. The van der Waals surface area contributed by atoms with E-state index in [1.807, 2.05) is 13.8 Å². The number of nitrogens with two attached hydrogens (primary N) is 1. The second-order valence-corrected chi connectivity index (χ2v) is 5.34. The lowest BCUT2D eigenvalue weighted by Crippen LogP contribution is -2.43. The van der Waals surface area contributed by atoms with Crippen molar-refractivity contribution in [2.75, 3.05) is 0 Å². The lowest BCUT2D eigenvalue weighted by Gasteiger charge is -2.37. The Morgan fingerprint density at radius 2 is 1.69 bits per heavy atom. The SMILES string of the molecule is CC(=O)NC1CCC(C(C)(C)C(N)=O)CC1. The molecule has 1 aliphatic rings. The molecule has 1 fully saturated rings. The van der Waals surface area contributed by atoms with Crippen molar-refractivity contribution in [1.82, 2.24) is 5.32 Å². The van der Waals surface area contributed by atoms with Gasteiger partial charge in [-0.15, -0.1) is 0 Å². The van der Waals surface area contributed by atoms with Gasteiger partial charge in [-0.2, -0.15) is 0 Å². The number of carbonyl (C=O) groups is 2. The first-order valence-electron chi connectivity index (χ1n) is 5.91. The highest BCUT2D eigenvalue weighted by atomic mass is 16.2. The highest BCUT2D eigenvalue weighted by molar-refractivity contribution is 5.80. The van der Waals surface area contributed by atoms with Crippen molar-refractivity contribution in [3.63, 3.8) is 0 Å². The predicted octanol–water partition coefficient (Wildman–Crippen LogP) is 1.19. The molecular formula is C12H22N2O2. The molecule has 2 amide bonds. The molecule has 0 aliphatic heterocycles. The average molecular weight is 226 g/mol. The van der Waals surface area contributed by atoms with Gasteiger partial charge in [0.15, 0.2) is 0 Å². The van der Waals surface area contributed by atoms with Gasteiger partial charge >= 0.3 is 0 Å². The number of amides is 2. The molecule has 1 saturated carbocycles. The molecule has 0 saturated heterocycles. The summed E-state index contributed by atoms with van der Waals surface area (Å²) in [7, 11) is 0. The molecule has 0 atom stereocenters. The number of carbonyl (C=O) groups excluding carboxylic acids is 2. The molecule has 1 rings (SSSR count). The average Bonchev–Trinajstić information content (AvgIpc) is 2.17. The monoisotopic (exact) mass is 226 g/mol. The van der Waals surface area contributed by atoms with Crippen LogP contribution in [0.3, 0.4) is 0 Å². The number of hydrogen-bond donors (Lipinski definition) is 2. The third kappa shape index (κ3) is 2.97. The fourth-order valence-corrected chi connectivity index (χ4v) is 2.45. The minimum Gasteiger partial charge on any atom is -0.369 e. The number of nitrogens with one attached hydrogen (secondary N) is 1. The molecule has 92 valence electrons. The van der Waals surface area contributed by atoms with Gasteiger partial charge in [0.2, 0.25) is 11.8 Å². The smallest absolute Gasteiger partial charge is 0.223 e. The predicted molar refractivity (Wildman–Crippen MR) is 62.5 cm³/mol. The lowest BCUT2D eigenvalue weighted by molar-refractivity contribution is -0.130. The summed E-state index contributed by atoms with van der Waals surface area (Å²) in [6.07, 6.45) is 3.81. The highest BCUT2D eigenvalue weighted by Crippen LogP contribution is 2.37. The van der Waals surface area contributed by atoms with Crippen molar-refractivity contribution in [2.45, 2.75) is 52.5 Å². The third-order valence-corrected chi connectivity index (χ3v) is 3.79. The Labute approximate surface area is 97.0 Å². The summed E-state index contributed by atoms with van der Waals surface area (Å²) in [4.78, 5) is 22.2. The molecule has 3 N–H and O–H groups in total.